The number of rotatable bonds is 4. The van der Waals surface area contributed by atoms with Gasteiger partial charge in [-0.05, 0) is 18.6 Å². The number of hydrogen-bond acceptors (Lipinski definition) is 3. The summed E-state index contributed by atoms with van der Waals surface area (Å²) in [5.74, 6) is -0.940. The van der Waals surface area contributed by atoms with E-state index in [1.807, 2.05) is 6.92 Å². The SMILES string of the molecule is CCc1nn(C)cc1C(=O)Nc1cccc(F)c1C(N)=S. The van der Waals surface area contributed by atoms with Crippen LogP contribution in [0.15, 0.2) is 24.4 Å². The lowest BCUT2D eigenvalue weighted by Crippen LogP contribution is -2.19. The largest absolute Gasteiger partial charge is 0.389 e. The van der Waals surface area contributed by atoms with Crippen LogP contribution in [0.4, 0.5) is 10.1 Å². The second-order valence-electron chi connectivity index (χ2n) is 4.50. The Bertz CT molecular complexity index is 711. The normalized spacial score (nSPS) is 10.4. The average Bonchev–Trinajstić information content (AvgIpc) is 2.79. The smallest absolute Gasteiger partial charge is 0.259 e. The zero-order valence-electron chi connectivity index (χ0n) is 11.7. The molecular formula is C14H15FN4OS. The Morgan fingerprint density at radius 1 is 1.52 bits per heavy atom. The summed E-state index contributed by atoms with van der Waals surface area (Å²) in [4.78, 5) is 12.2. The van der Waals surface area contributed by atoms with Crippen molar-refractivity contribution in [2.24, 2.45) is 12.8 Å². The highest BCUT2D eigenvalue weighted by molar-refractivity contribution is 7.80. The lowest BCUT2D eigenvalue weighted by Gasteiger charge is -2.10. The van der Waals surface area contributed by atoms with Gasteiger partial charge in [0, 0.05) is 13.2 Å². The minimum absolute atomic E-state index is 0.0304. The van der Waals surface area contributed by atoms with E-state index in [4.69, 9.17) is 18.0 Å². The molecule has 1 amide bonds. The molecule has 110 valence electrons. The number of amides is 1. The number of carbonyl (C=O) groups excluding carboxylic acids is 1. The molecule has 1 aromatic carbocycles. The fourth-order valence-corrected chi connectivity index (χ4v) is 2.26. The number of halogens is 1. The number of hydrogen-bond donors (Lipinski definition) is 2. The predicted molar refractivity (Wildman–Crippen MR) is 82.8 cm³/mol. The zero-order chi connectivity index (χ0) is 15.6. The third kappa shape index (κ3) is 3.08. The molecule has 2 rings (SSSR count). The van der Waals surface area contributed by atoms with Gasteiger partial charge in [-0.2, -0.15) is 5.10 Å². The predicted octanol–water partition coefficient (Wildman–Crippen LogP) is 2.01. The maximum absolute atomic E-state index is 13.8. The number of nitrogens with two attached hydrogens (primary N) is 1. The van der Waals surface area contributed by atoms with Crippen molar-refractivity contribution in [1.29, 1.82) is 0 Å². The second-order valence-corrected chi connectivity index (χ2v) is 4.94. The van der Waals surface area contributed by atoms with Crippen LogP contribution in [0.3, 0.4) is 0 Å². The van der Waals surface area contributed by atoms with Crippen molar-refractivity contribution in [3.63, 3.8) is 0 Å². The number of aromatic nitrogens is 2. The van der Waals surface area contributed by atoms with Gasteiger partial charge in [0.1, 0.15) is 10.8 Å². The van der Waals surface area contributed by atoms with Crippen LogP contribution in [0, 0.1) is 5.82 Å². The molecule has 0 saturated carbocycles. The molecule has 1 aromatic heterocycles. The molecule has 0 unspecified atom stereocenters. The summed E-state index contributed by atoms with van der Waals surface area (Å²) in [6.45, 7) is 1.90. The Balaban J connectivity index is 2.36. The summed E-state index contributed by atoms with van der Waals surface area (Å²) < 4.78 is 15.3. The maximum Gasteiger partial charge on any atom is 0.259 e. The summed E-state index contributed by atoms with van der Waals surface area (Å²) in [7, 11) is 1.73. The number of nitrogens with one attached hydrogen (secondary N) is 1. The van der Waals surface area contributed by atoms with E-state index >= 15 is 0 Å². The van der Waals surface area contributed by atoms with Gasteiger partial charge < -0.3 is 11.1 Å². The van der Waals surface area contributed by atoms with Crippen LogP contribution in [0.1, 0.15) is 28.5 Å². The second kappa shape index (κ2) is 6.01. The lowest BCUT2D eigenvalue weighted by molar-refractivity contribution is 0.102. The Morgan fingerprint density at radius 2 is 2.24 bits per heavy atom. The van der Waals surface area contributed by atoms with Crippen LogP contribution in [0.25, 0.3) is 0 Å². The van der Waals surface area contributed by atoms with Crippen molar-refractivity contribution in [3.8, 4) is 0 Å². The molecule has 0 aliphatic carbocycles. The lowest BCUT2D eigenvalue weighted by atomic mass is 10.1. The monoisotopic (exact) mass is 306 g/mol. The Morgan fingerprint density at radius 3 is 2.86 bits per heavy atom. The first-order valence-corrected chi connectivity index (χ1v) is 6.77. The fourth-order valence-electron chi connectivity index (χ4n) is 2.05. The molecule has 0 bridgehead atoms. The van der Waals surface area contributed by atoms with Crippen LogP contribution >= 0.6 is 12.2 Å². The highest BCUT2D eigenvalue weighted by atomic mass is 32.1. The van der Waals surface area contributed by atoms with Gasteiger partial charge in [-0.15, -0.1) is 0 Å². The van der Waals surface area contributed by atoms with Crippen molar-refractivity contribution in [2.75, 3.05) is 5.32 Å². The van der Waals surface area contributed by atoms with Gasteiger partial charge in [-0.3, -0.25) is 9.48 Å². The summed E-state index contributed by atoms with van der Waals surface area (Å²) in [5.41, 5.74) is 6.90. The Hall–Kier alpha value is -2.28. The van der Waals surface area contributed by atoms with Crippen molar-refractivity contribution in [1.82, 2.24) is 9.78 Å². The number of carbonyl (C=O) groups is 1. The van der Waals surface area contributed by atoms with Crippen molar-refractivity contribution >= 4 is 28.8 Å². The van der Waals surface area contributed by atoms with Crippen LogP contribution in [-0.2, 0) is 13.5 Å². The highest BCUT2D eigenvalue weighted by Gasteiger charge is 2.18. The summed E-state index contributed by atoms with van der Waals surface area (Å²) in [5, 5.41) is 6.84. The molecule has 1 heterocycles. The van der Waals surface area contributed by atoms with Crippen LogP contribution in [-0.4, -0.2) is 20.7 Å². The summed E-state index contributed by atoms with van der Waals surface area (Å²) in [6, 6.07) is 4.28. The quantitative estimate of drug-likeness (QED) is 0.848. The molecule has 0 saturated heterocycles. The van der Waals surface area contributed by atoms with Gasteiger partial charge in [-0.25, -0.2) is 4.39 Å². The molecule has 3 N–H and O–H groups in total. The van der Waals surface area contributed by atoms with Crippen molar-refractivity contribution in [3.05, 3.63) is 47.0 Å². The number of benzene rings is 1. The molecule has 0 fully saturated rings. The molecule has 0 atom stereocenters. The van der Waals surface area contributed by atoms with E-state index in [0.29, 0.717) is 17.7 Å². The van der Waals surface area contributed by atoms with E-state index in [9.17, 15) is 9.18 Å². The van der Waals surface area contributed by atoms with Gasteiger partial charge in [0.15, 0.2) is 0 Å². The highest BCUT2D eigenvalue weighted by Crippen LogP contribution is 2.20. The molecule has 0 radical (unpaired) electrons. The average molecular weight is 306 g/mol. The van der Waals surface area contributed by atoms with E-state index in [-0.39, 0.29) is 22.1 Å². The van der Waals surface area contributed by atoms with E-state index in [1.165, 1.54) is 12.1 Å². The standard InChI is InChI=1S/C14H15FN4OS/c1-3-10-8(7-19(2)18-10)14(20)17-11-6-4-5-9(15)12(11)13(16)21/h4-7H,3H2,1-2H3,(H2,16,21)(H,17,20). The first-order chi connectivity index (χ1) is 9.93. The fraction of sp³-hybridized carbons (Fsp3) is 0.214. The van der Waals surface area contributed by atoms with Crippen LogP contribution in [0.2, 0.25) is 0 Å². The minimum Gasteiger partial charge on any atom is -0.389 e. The van der Waals surface area contributed by atoms with Gasteiger partial charge in [0.05, 0.1) is 22.5 Å². The van der Waals surface area contributed by atoms with E-state index < -0.39 is 5.82 Å². The molecule has 5 nitrogen and oxygen atoms in total. The van der Waals surface area contributed by atoms with Gasteiger partial charge in [-0.1, -0.05) is 25.2 Å². The number of nitrogens with zero attached hydrogens (tertiary/aromatic N) is 2. The summed E-state index contributed by atoms with van der Waals surface area (Å²) in [6.07, 6.45) is 2.24. The number of aryl methyl sites for hydroxylation is 2. The van der Waals surface area contributed by atoms with E-state index in [0.717, 1.165) is 0 Å². The molecule has 21 heavy (non-hydrogen) atoms. The van der Waals surface area contributed by atoms with Crippen LogP contribution < -0.4 is 11.1 Å². The molecule has 0 aliphatic rings. The van der Waals surface area contributed by atoms with Gasteiger partial charge >= 0.3 is 0 Å². The van der Waals surface area contributed by atoms with Gasteiger partial charge in [0.2, 0.25) is 0 Å². The molecule has 0 spiro atoms. The van der Waals surface area contributed by atoms with Gasteiger partial charge in [0.25, 0.3) is 5.91 Å². The molecule has 7 heteroatoms. The molecule has 0 aliphatic heterocycles. The van der Waals surface area contributed by atoms with E-state index in [2.05, 4.69) is 10.4 Å². The first-order valence-electron chi connectivity index (χ1n) is 6.36. The molecule has 2 aromatic rings. The first kappa shape index (κ1) is 15.1. The maximum atomic E-state index is 13.8. The van der Waals surface area contributed by atoms with E-state index in [1.54, 1.807) is 24.0 Å². The Kier molecular flexibility index (Phi) is 4.32. The topological polar surface area (TPSA) is 72.9 Å². The zero-order valence-corrected chi connectivity index (χ0v) is 12.5. The third-order valence-electron chi connectivity index (χ3n) is 2.99. The number of anilines is 1. The van der Waals surface area contributed by atoms with Crippen molar-refractivity contribution in [2.45, 2.75) is 13.3 Å². The Labute approximate surface area is 126 Å². The molecular weight excluding hydrogens is 291 g/mol. The van der Waals surface area contributed by atoms with Crippen LogP contribution in [0.5, 0.6) is 0 Å². The minimum atomic E-state index is -0.567. The van der Waals surface area contributed by atoms with Crippen molar-refractivity contribution < 1.29 is 9.18 Å². The number of thiocarbonyl (C=S) groups is 1. The third-order valence-corrected chi connectivity index (χ3v) is 3.20. The summed E-state index contributed by atoms with van der Waals surface area (Å²) >= 11 is 4.83.